The first-order valence-electron chi connectivity index (χ1n) is 6.05. The van der Waals surface area contributed by atoms with Gasteiger partial charge in [0.2, 0.25) is 0 Å². The molecule has 0 aliphatic carbocycles. The van der Waals surface area contributed by atoms with E-state index in [1.54, 1.807) is 6.07 Å². The minimum atomic E-state index is -0.176. The average molecular weight is 251 g/mol. The third kappa shape index (κ3) is 2.20. The molecule has 0 saturated carbocycles. The van der Waals surface area contributed by atoms with Crippen molar-refractivity contribution in [1.82, 2.24) is 10.2 Å². The normalized spacial score (nSPS) is 10.6. The molecule has 0 atom stereocenters. The summed E-state index contributed by atoms with van der Waals surface area (Å²) < 4.78 is 0. The van der Waals surface area contributed by atoms with E-state index in [1.807, 2.05) is 49.4 Å². The number of anilines is 2. The molecule has 2 aromatic carbocycles. The number of aryl methyl sites for hydroxylation is 1. The number of aromatic nitrogens is 2. The van der Waals surface area contributed by atoms with Gasteiger partial charge in [-0.25, -0.2) is 5.10 Å². The van der Waals surface area contributed by atoms with Crippen LogP contribution in [0.3, 0.4) is 0 Å². The van der Waals surface area contributed by atoms with E-state index in [-0.39, 0.29) is 5.56 Å². The Balaban J connectivity index is 2.08. The molecule has 94 valence electrons. The van der Waals surface area contributed by atoms with Crippen LogP contribution < -0.4 is 10.9 Å². The average Bonchev–Trinajstić information content (AvgIpc) is 2.45. The van der Waals surface area contributed by atoms with Crippen molar-refractivity contribution in [3.63, 3.8) is 0 Å². The fourth-order valence-corrected chi connectivity index (χ4v) is 1.98. The zero-order valence-electron chi connectivity index (χ0n) is 10.5. The van der Waals surface area contributed by atoms with Gasteiger partial charge in [0.15, 0.2) is 5.82 Å². The molecular weight excluding hydrogens is 238 g/mol. The lowest BCUT2D eigenvalue weighted by molar-refractivity contribution is 1.02. The largest absolute Gasteiger partial charge is 0.338 e. The lowest BCUT2D eigenvalue weighted by Crippen LogP contribution is -2.10. The molecule has 1 heterocycles. The second kappa shape index (κ2) is 4.57. The van der Waals surface area contributed by atoms with E-state index in [0.29, 0.717) is 11.2 Å². The summed E-state index contributed by atoms with van der Waals surface area (Å²) in [5.41, 5.74) is 1.96. The second-order valence-corrected chi connectivity index (χ2v) is 4.44. The third-order valence-electron chi connectivity index (χ3n) is 3.01. The van der Waals surface area contributed by atoms with Crippen LogP contribution in [0.4, 0.5) is 11.5 Å². The molecule has 0 unspecified atom stereocenters. The molecule has 2 N–H and O–H groups in total. The maximum absolute atomic E-state index is 11.7. The van der Waals surface area contributed by atoms with Crippen LogP contribution in [0.25, 0.3) is 10.8 Å². The maximum Gasteiger partial charge on any atom is 0.272 e. The molecule has 0 fully saturated rings. The summed E-state index contributed by atoms with van der Waals surface area (Å²) >= 11 is 0. The van der Waals surface area contributed by atoms with Gasteiger partial charge in [0.25, 0.3) is 5.56 Å². The molecule has 3 aromatic rings. The third-order valence-corrected chi connectivity index (χ3v) is 3.01. The SMILES string of the molecule is Cc1ccc(Nc2n[nH]c(=O)c3ccccc23)cc1. The maximum atomic E-state index is 11.7. The topological polar surface area (TPSA) is 57.8 Å². The van der Waals surface area contributed by atoms with Crippen molar-refractivity contribution >= 4 is 22.3 Å². The number of hydrogen-bond acceptors (Lipinski definition) is 3. The second-order valence-electron chi connectivity index (χ2n) is 4.44. The Morgan fingerprint density at radius 1 is 1.00 bits per heavy atom. The van der Waals surface area contributed by atoms with Gasteiger partial charge in [-0.3, -0.25) is 4.79 Å². The van der Waals surface area contributed by atoms with Gasteiger partial charge in [0, 0.05) is 11.1 Å². The van der Waals surface area contributed by atoms with Gasteiger partial charge in [-0.15, -0.1) is 0 Å². The van der Waals surface area contributed by atoms with Crippen molar-refractivity contribution in [2.45, 2.75) is 6.92 Å². The summed E-state index contributed by atoms with van der Waals surface area (Å²) in [4.78, 5) is 11.7. The zero-order valence-corrected chi connectivity index (χ0v) is 10.5. The first-order chi connectivity index (χ1) is 9.24. The van der Waals surface area contributed by atoms with Gasteiger partial charge in [-0.1, -0.05) is 35.9 Å². The summed E-state index contributed by atoms with van der Waals surface area (Å²) in [7, 11) is 0. The summed E-state index contributed by atoms with van der Waals surface area (Å²) in [6.07, 6.45) is 0. The minimum Gasteiger partial charge on any atom is -0.338 e. The van der Waals surface area contributed by atoms with E-state index >= 15 is 0 Å². The van der Waals surface area contributed by atoms with Gasteiger partial charge in [-0.05, 0) is 25.1 Å². The summed E-state index contributed by atoms with van der Waals surface area (Å²) in [5.74, 6) is 0.652. The van der Waals surface area contributed by atoms with E-state index in [1.165, 1.54) is 5.56 Å². The number of aromatic amines is 1. The molecule has 0 aliphatic rings. The number of nitrogens with one attached hydrogen (secondary N) is 2. The Kier molecular flexibility index (Phi) is 2.76. The summed E-state index contributed by atoms with van der Waals surface area (Å²) in [6, 6.07) is 15.4. The van der Waals surface area contributed by atoms with Crippen LogP contribution in [0.1, 0.15) is 5.56 Å². The van der Waals surface area contributed by atoms with Gasteiger partial charge in [-0.2, -0.15) is 5.10 Å². The van der Waals surface area contributed by atoms with Crippen LogP contribution in [0.15, 0.2) is 53.3 Å². The van der Waals surface area contributed by atoms with Gasteiger partial charge < -0.3 is 5.32 Å². The van der Waals surface area contributed by atoms with Gasteiger partial charge in [0.05, 0.1) is 5.39 Å². The van der Waals surface area contributed by atoms with E-state index in [4.69, 9.17) is 0 Å². The number of nitrogens with zero attached hydrogens (tertiary/aromatic N) is 1. The highest BCUT2D eigenvalue weighted by Gasteiger charge is 2.05. The van der Waals surface area contributed by atoms with E-state index in [0.717, 1.165) is 11.1 Å². The molecule has 0 saturated heterocycles. The van der Waals surface area contributed by atoms with Crippen molar-refractivity contribution < 1.29 is 0 Å². The quantitative estimate of drug-likeness (QED) is 0.736. The Bertz CT molecular complexity index is 775. The zero-order chi connectivity index (χ0) is 13.2. The molecular formula is C15H13N3O. The minimum absolute atomic E-state index is 0.176. The molecule has 0 bridgehead atoms. The van der Waals surface area contributed by atoms with E-state index in [2.05, 4.69) is 15.5 Å². The van der Waals surface area contributed by atoms with Crippen LogP contribution in [-0.4, -0.2) is 10.2 Å². The first-order valence-corrected chi connectivity index (χ1v) is 6.05. The molecule has 0 amide bonds. The van der Waals surface area contributed by atoms with Crippen molar-refractivity contribution in [3.8, 4) is 0 Å². The predicted molar refractivity (Wildman–Crippen MR) is 76.8 cm³/mol. The predicted octanol–water partition coefficient (Wildman–Crippen LogP) is 2.98. The Hall–Kier alpha value is -2.62. The van der Waals surface area contributed by atoms with Crippen LogP contribution >= 0.6 is 0 Å². The lowest BCUT2D eigenvalue weighted by Gasteiger charge is -2.08. The molecule has 4 nitrogen and oxygen atoms in total. The van der Waals surface area contributed by atoms with E-state index in [9.17, 15) is 4.79 Å². The number of benzene rings is 2. The van der Waals surface area contributed by atoms with Gasteiger partial charge >= 0.3 is 0 Å². The Morgan fingerprint density at radius 2 is 1.68 bits per heavy atom. The smallest absolute Gasteiger partial charge is 0.272 e. The number of rotatable bonds is 2. The Labute approximate surface area is 110 Å². The van der Waals surface area contributed by atoms with Crippen molar-refractivity contribution in [3.05, 3.63) is 64.4 Å². The van der Waals surface area contributed by atoms with E-state index < -0.39 is 0 Å². The first kappa shape index (κ1) is 11.5. The number of H-pyrrole nitrogens is 1. The van der Waals surface area contributed by atoms with Crippen molar-refractivity contribution in [2.24, 2.45) is 0 Å². The standard InChI is InChI=1S/C15H13N3O/c1-10-6-8-11(9-7-10)16-14-12-4-2-3-5-13(12)15(19)18-17-14/h2-9H,1H3,(H,16,17)(H,18,19). The molecule has 19 heavy (non-hydrogen) atoms. The monoisotopic (exact) mass is 251 g/mol. The van der Waals surface area contributed by atoms with Crippen molar-refractivity contribution in [2.75, 3.05) is 5.32 Å². The molecule has 0 spiro atoms. The van der Waals surface area contributed by atoms with Crippen LogP contribution in [0.5, 0.6) is 0 Å². The highest BCUT2D eigenvalue weighted by molar-refractivity contribution is 5.92. The highest BCUT2D eigenvalue weighted by atomic mass is 16.1. The molecule has 1 aromatic heterocycles. The fraction of sp³-hybridized carbons (Fsp3) is 0.0667. The number of hydrogen-bond donors (Lipinski definition) is 2. The highest BCUT2D eigenvalue weighted by Crippen LogP contribution is 2.21. The van der Waals surface area contributed by atoms with Crippen LogP contribution in [0, 0.1) is 6.92 Å². The fourth-order valence-electron chi connectivity index (χ4n) is 1.98. The summed E-state index contributed by atoms with van der Waals surface area (Å²) in [5, 5.41) is 11.2. The molecule has 0 radical (unpaired) electrons. The lowest BCUT2D eigenvalue weighted by atomic mass is 10.2. The van der Waals surface area contributed by atoms with Crippen molar-refractivity contribution in [1.29, 1.82) is 0 Å². The molecule has 4 heteroatoms. The Morgan fingerprint density at radius 3 is 2.42 bits per heavy atom. The molecule has 0 aliphatic heterocycles. The van der Waals surface area contributed by atoms with Gasteiger partial charge in [0.1, 0.15) is 0 Å². The number of fused-ring (bicyclic) bond motifs is 1. The van der Waals surface area contributed by atoms with Crippen LogP contribution in [-0.2, 0) is 0 Å². The molecule has 3 rings (SSSR count). The summed E-state index contributed by atoms with van der Waals surface area (Å²) in [6.45, 7) is 2.04. The van der Waals surface area contributed by atoms with Crippen LogP contribution in [0.2, 0.25) is 0 Å².